The third-order valence-corrected chi connectivity index (χ3v) is 5.82. The van der Waals surface area contributed by atoms with Gasteiger partial charge in [0.2, 0.25) is 0 Å². The van der Waals surface area contributed by atoms with Gasteiger partial charge in [-0.05, 0) is 0 Å². The van der Waals surface area contributed by atoms with Crippen LogP contribution in [-0.4, -0.2) is 0 Å². The predicted molar refractivity (Wildman–Crippen MR) is 94.1 cm³/mol. The second-order valence-corrected chi connectivity index (χ2v) is 7.83. The Morgan fingerprint density at radius 3 is 1.73 bits per heavy atom. The molecule has 1 aliphatic rings. The Morgan fingerprint density at radius 1 is 0.846 bits per heavy atom. The summed E-state index contributed by atoms with van der Waals surface area (Å²) in [4.78, 5) is 0. The fourth-order valence-corrected chi connectivity index (χ4v) is 4.27. The number of rotatable bonds is 5. The van der Waals surface area contributed by atoms with E-state index < -0.39 is 0 Å². The molecular weight excluding hydrogens is 418 g/mol. The Morgan fingerprint density at radius 2 is 1.31 bits per heavy atom. The van der Waals surface area contributed by atoms with E-state index in [-0.39, 0.29) is 40.9 Å². The van der Waals surface area contributed by atoms with Crippen molar-refractivity contribution in [3.05, 3.63) is 95.6 Å². The summed E-state index contributed by atoms with van der Waals surface area (Å²) in [5.41, 5.74) is 4.24. The predicted octanol–water partition coefficient (Wildman–Crippen LogP) is -2.92. The van der Waals surface area contributed by atoms with Gasteiger partial charge in [0.25, 0.3) is 0 Å². The molecule has 136 valence electrons. The van der Waals surface area contributed by atoms with Crippen LogP contribution < -0.4 is 37.2 Å². The van der Waals surface area contributed by atoms with Crippen LogP contribution in [0.15, 0.2) is 84.5 Å². The maximum atomic E-state index is 2.49. The molecule has 26 heavy (non-hydrogen) atoms. The molecule has 0 aliphatic heterocycles. The van der Waals surface area contributed by atoms with Crippen LogP contribution in [0.2, 0.25) is 3.72 Å². The maximum Gasteiger partial charge on any atom is -1.00 e. The molecule has 0 aromatic heterocycles. The fourth-order valence-electron chi connectivity index (χ4n) is 3.36. The van der Waals surface area contributed by atoms with Crippen LogP contribution in [-0.2, 0) is 20.4 Å². The first-order chi connectivity index (χ1) is 11.1. The molecule has 0 saturated carbocycles. The number of benzene rings is 2. The van der Waals surface area contributed by atoms with Crippen LogP contribution >= 0.6 is 0 Å². The first kappa shape index (κ1) is 25.5. The molecule has 0 heterocycles. The first-order valence-electron chi connectivity index (χ1n) is 8.41. The van der Waals surface area contributed by atoms with E-state index in [2.05, 4.69) is 113 Å². The Kier molecular flexibility index (Phi) is 11.2. The van der Waals surface area contributed by atoms with E-state index in [1.165, 1.54) is 23.1 Å². The van der Waals surface area contributed by atoms with Crippen molar-refractivity contribution in [3.8, 4) is 0 Å². The largest absolute Gasteiger partial charge is 1.00 e. The zero-order valence-corrected chi connectivity index (χ0v) is 18.8. The summed E-state index contributed by atoms with van der Waals surface area (Å²) in [6, 6.07) is 21.8. The summed E-state index contributed by atoms with van der Waals surface area (Å²) in [5.74, 6) is 0.975. The number of allylic oxidation sites excluding steroid dienone is 4. The van der Waals surface area contributed by atoms with Crippen molar-refractivity contribution in [1.29, 1.82) is 0 Å². The zero-order chi connectivity index (χ0) is 16.3. The van der Waals surface area contributed by atoms with E-state index in [1.807, 2.05) is 0 Å². The van der Waals surface area contributed by atoms with E-state index >= 15 is 0 Å². The van der Waals surface area contributed by atoms with Crippen molar-refractivity contribution < 1.29 is 57.7 Å². The van der Waals surface area contributed by atoms with Gasteiger partial charge in [-0.15, -0.1) is 0 Å². The smallest absolute Gasteiger partial charge is 1.00 e. The molecule has 3 rings (SSSR count). The summed E-state index contributed by atoms with van der Waals surface area (Å²) in [7, 11) is 0. The van der Waals surface area contributed by atoms with Crippen molar-refractivity contribution in [1.82, 2.24) is 0 Å². The van der Waals surface area contributed by atoms with Crippen LogP contribution in [0.5, 0.6) is 0 Å². The summed E-state index contributed by atoms with van der Waals surface area (Å²) in [6.07, 6.45) is 8.42. The molecule has 0 amide bonds. The van der Waals surface area contributed by atoms with E-state index in [0.717, 1.165) is 0 Å². The number of halogens is 3. The second-order valence-electron chi connectivity index (χ2n) is 6.47. The van der Waals surface area contributed by atoms with Crippen molar-refractivity contribution in [2.24, 2.45) is 5.92 Å². The monoisotopic (exact) mass is 440 g/mol. The minimum Gasteiger partial charge on any atom is -1.00 e. The second kappa shape index (κ2) is 11.4. The summed E-state index contributed by atoms with van der Waals surface area (Å²) < 4.78 is 0.0292. The molecule has 0 saturated heterocycles. The molecule has 0 bridgehead atoms. The standard InChI is InChI=1S/C22H23.3ClH.Ti/c1-3-17(2)20-14-15-21(16-20)22(18-10-6-4-7-11-18)19-12-8-5-9-13-19;;;;/h4-17,22H,3H2,1-2H3;3*1H;/q;;;;+3/p-3. The van der Waals surface area contributed by atoms with Gasteiger partial charge in [0.1, 0.15) is 0 Å². The van der Waals surface area contributed by atoms with Gasteiger partial charge in [0.05, 0.1) is 0 Å². The molecule has 2 aromatic rings. The Hall–Kier alpha value is -0.496. The molecule has 2 unspecified atom stereocenters. The minimum atomic E-state index is 0. The summed E-state index contributed by atoms with van der Waals surface area (Å²) in [6.45, 7) is 4.59. The molecule has 1 aliphatic carbocycles. The first-order valence-corrected chi connectivity index (χ1v) is 9.19. The molecule has 0 N–H and O–H groups in total. The van der Waals surface area contributed by atoms with Crippen molar-refractivity contribution in [3.63, 3.8) is 0 Å². The van der Waals surface area contributed by atoms with E-state index in [1.54, 1.807) is 0 Å². The van der Waals surface area contributed by atoms with Gasteiger partial charge in [0.15, 0.2) is 0 Å². The average Bonchev–Trinajstić information content (AvgIpc) is 2.99. The quantitative estimate of drug-likeness (QED) is 0.436. The minimum absolute atomic E-state index is 0. The summed E-state index contributed by atoms with van der Waals surface area (Å²) >= 11 is 2.36. The molecule has 2 atom stereocenters. The van der Waals surface area contributed by atoms with Gasteiger partial charge < -0.3 is 37.2 Å². The topological polar surface area (TPSA) is 0 Å². The van der Waals surface area contributed by atoms with Crippen molar-refractivity contribution in [2.75, 3.05) is 0 Å². The van der Waals surface area contributed by atoms with Crippen LogP contribution in [0.1, 0.15) is 37.3 Å². The molecule has 0 radical (unpaired) electrons. The maximum absolute atomic E-state index is 2.49. The van der Waals surface area contributed by atoms with Gasteiger partial charge in [-0.2, -0.15) is 0 Å². The van der Waals surface area contributed by atoms with Gasteiger partial charge in [0, 0.05) is 0 Å². The fraction of sp³-hybridized carbons (Fsp3) is 0.273. The zero-order valence-electron chi connectivity index (χ0n) is 15.0. The van der Waals surface area contributed by atoms with Crippen LogP contribution in [0, 0.1) is 5.92 Å². The molecule has 4 heteroatoms. The molecule has 0 spiro atoms. The SMILES string of the molecule is CCC(C)C1=C[C]([Ti+3])(C(c2ccccc2)c2ccccc2)C=C1.[Cl-].[Cl-].[Cl-]. The number of hydrogen-bond acceptors (Lipinski definition) is 0. The molecule has 2 aromatic carbocycles. The van der Waals surface area contributed by atoms with Gasteiger partial charge >= 0.3 is 152 Å². The van der Waals surface area contributed by atoms with E-state index in [0.29, 0.717) is 11.8 Å². The third kappa shape index (κ3) is 5.50. The Bertz CT molecular complexity index is 673. The molecular formula is C22H23Cl3Ti. The van der Waals surface area contributed by atoms with Crippen LogP contribution in [0.4, 0.5) is 0 Å². The average molecular weight is 442 g/mol. The Labute approximate surface area is 188 Å². The van der Waals surface area contributed by atoms with Gasteiger partial charge in [-0.3, -0.25) is 0 Å². The van der Waals surface area contributed by atoms with Crippen LogP contribution in [0.3, 0.4) is 0 Å². The van der Waals surface area contributed by atoms with Gasteiger partial charge in [-0.25, -0.2) is 0 Å². The number of hydrogen-bond donors (Lipinski definition) is 0. The van der Waals surface area contributed by atoms with Crippen LogP contribution in [0.25, 0.3) is 0 Å². The Balaban J connectivity index is 0.00000208. The molecule has 0 fully saturated rings. The van der Waals surface area contributed by atoms with E-state index in [4.69, 9.17) is 0 Å². The van der Waals surface area contributed by atoms with E-state index in [9.17, 15) is 0 Å². The van der Waals surface area contributed by atoms with Gasteiger partial charge in [-0.1, -0.05) is 0 Å². The van der Waals surface area contributed by atoms with Crippen molar-refractivity contribution >= 4 is 0 Å². The third-order valence-electron chi connectivity index (χ3n) is 4.88. The molecule has 0 nitrogen and oxygen atoms in total. The summed E-state index contributed by atoms with van der Waals surface area (Å²) in [5, 5.41) is 0. The normalized spacial score (nSPS) is 19.0. The van der Waals surface area contributed by atoms with Crippen molar-refractivity contribution in [2.45, 2.75) is 29.9 Å².